The average molecular weight is 293 g/mol. The number of hydrogen-bond acceptors (Lipinski definition) is 2. The van der Waals surface area contributed by atoms with Gasteiger partial charge in [0.1, 0.15) is 5.82 Å². The molecule has 0 spiro atoms. The van der Waals surface area contributed by atoms with E-state index in [4.69, 9.17) is 11.6 Å². The van der Waals surface area contributed by atoms with E-state index < -0.39 is 0 Å². The van der Waals surface area contributed by atoms with Gasteiger partial charge in [-0.25, -0.2) is 4.39 Å². The second kappa shape index (κ2) is 6.82. The van der Waals surface area contributed by atoms with Crippen molar-refractivity contribution in [3.8, 4) is 0 Å². The predicted molar refractivity (Wildman–Crippen MR) is 80.5 cm³/mol. The van der Waals surface area contributed by atoms with E-state index in [2.05, 4.69) is 10.3 Å². The first kappa shape index (κ1) is 14.9. The number of aromatic nitrogens is 1. The maximum Gasteiger partial charge on any atom is 0.142 e. The quantitative estimate of drug-likeness (QED) is 0.898. The Morgan fingerprint density at radius 2 is 2.10 bits per heavy atom. The van der Waals surface area contributed by atoms with Crippen molar-refractivity contribution in [3.63, 3.8) is 0 Å². The number of aryl methyl sites for hydroxylation is 1. The molecule has 1 aromatic carbocycles. The molecular weight excluding hydrogens is 275 g/mol. The second-order valence-corrected chi connectivity index (χ2v) is 5.22. The van der Waals surface area contributed by atoms with Crippen LogP contribution in [0.15, 0.2) is 36.5 Å². The lowest BCUT2D eigenvalue weighted by Crippen LogP contribution is -2.23. The number of nitrogens with zero attached hydrogens (tertiary/aromatic N) is 1. The van der Waals surface area contributed by atoms with Crippen molar-refractivity contribution in [3.05, 3.63) is 64.2 Å². The molecule has 0 saturated carbocycles. The molecule has 0 aliphatic rings. The minimum Gasteiger partial charge on any atom is -0.310 e. The average Bonchev–Trinajstić information content (AvgIpc) is 2.44. The standard InChI is InChI=1S/C16H18ClFN2/c1-3-19-16(9-13-6-4-11(2)10-20-13)12-5-7-14(17)15(18)8-12/h4-8,10,16,19H,3,9H2,1-2H3. The molecule has 2 rings (SSSR count). The SMILES string of the molecule is CCNC(Cc1ccc(C)cn1)c1ccc(Cl)c(F)c1. The molecule has 0 aliphatic heterocycles. The highest BCUT2D eigenvalue weighted by Gasteiger charge is 2.13. The summed E-state index contributed by atoms with van der Waals surface area (Å²) in [7, 11) is 0. The van der Waals surface area contributed by atoms with Crippen LogP contribution in [0, 0.1) is 12.7 Å². The Kier molecular flexibility index (Phi) is 5.10. The first-order chi connectivity index (χ1) is 9.60. The molecule has 2 nitrogen and oxygen atoms in total. The second-order valence-electron chi connectivity index (χ2n) is 4.81. The van der Waals surface area contributed by atoms with Gasteiger partial charge in [-0.2, -0.15) is 0 Å². The summed E-state index contributed by atoms with van der Waals surface area (Å²) in [5.41, 5.74) is 3.00. The van der Waals surface area contributed by atoms with Crippen LogP contribution in [-0.2, 0) is 6.42 Å². The zero-order valence-electron chi connectivity index (χ0n) is 11.7. The summed E-state index contributed by atoms with van der Waals surface area (Å²) in [6.45, 7) is 4.84. The van der Waals surface area contributed by atoms with Gasteiger partial charge in [0.25, 0.3) is 0 Å². The van der Waals surface area contributed by atoms with E-state index >= 15 is 0 Å². The van der Waals surface area contributed by atoms with Gasteiger partial charge < -0.3 is 5.32 Å². The number of rotatable bonds is 5. The summed E-state index contributed by atoms with van der Waals surface area (Å²) in [4.78, 5) is 4.41. The van der Waals surface area contributed by atoms with Crippen molar-refractivity contribution in [1.29, 1.82) is 0 Å². The van der Waals surface area contributed by atoms with E-state index in [-0.39, 0.29) is 16.9 Å². The van der Waals surface area contributed by atoms with E-state index in [0.717, 1.165) is 29.8 Å². The Morgan fingerprint density at radius 3 is 2.70 bits per heavy atom. The van der Waals surface area contributed by atoms with Crippen molar-refractivity contribution in [2.75, 3.05) is 6.54 Å². The van der Waals surface area contributed by atoms with Crippen LogP contribution in [0.1, 0.15) is 29.8 Å². The lowest BCUT2D eigenvalue weighted by molar-refractivity contribution is 0.537. The Hall–Kier alpha value is -1.45. The Labute approximate surface area is 124 Å². The third-order valence-corrected chi connectivity index (χ3v) is 3.49. The predicted octanol–water partition coefficient (Wildman–Crippen LogP) is 4.08. The van der Waals surface area contributed by atoms with Gasteiger partial charge in [-0.05, 0) is 42.8 Å². The van der Waals surface area contributed by atoms with Crippen molar-refractivity contribution in [2.45, 2.75) is 26.3 Å². The number of nitrogens with one attached hydrogen (secondary N) is 1. The summed E-state index contributed by atoms with van der Waals surface area (Å²) in [5.74, 6) is -0.385. The van der Waals surface area contributed by atoms with Gasteiger partial charge in [-0.3, -0.25) is 4.98 Å². The number of likely N-dealkylation sites (N-methyl/N-ethyl adjacent to an activating group) is 1. The number of benzene rings is 1. The van der Waals surface area contributed by atoms with Gasteiger partial charge in [0.05, 0.1) is 5.02 Å². The van der Waals surface area contributed by atoms with Crippen LogP contribution >= 0.6 is 11.6 Å². The van der Waals surface area contributed by atoms with Crippen LogP contribution in [0.25, 0.3) is 0 Å². The highest BCUT2D eigenvalue weighted by Crippen LogP contribution is 2.22. The molecule has 0 aliphatic carbocycles. The molecule has 0 saturated heterocycles. The highest BCUT2D eigenvalue weighted by atomic mass is 35.5. The van der Waals surface area contributed by atoms with Crippen molar-refractivity contribution in [2.24, 2.45) is 0 Å². The van der Waals surface area contributed by atoms with Crippen LogP contribution in [0.5, 0.6) is 0 Å². The molecule has 2 aromatic rings. The summed E-state index contributed by atoms with van der Waals surface area (Å²) < 4.78 is 13.6. The Morgan fingerprint density at radius 1 is 1.30 bits per heavy atom. The highest BCUT2D eigenvalue weighted by molar-refractivity contribution is 6.30. The molecule has 1 heterocycles. The van der Waals surface area contributed by atoms with Crippen LogP contribution in [-0.4, -0.2) is 11.5 Å². The molecule has 0 bridgehead atoms. The van der Waals surface area contributed by atoms with Crippen LogP contribution in [0.2, 0.25) is 5.02 Å². The zero-order valence-corrected chi connectivity index (χ0v) is 12.4. The smallest absolute Gasteiger partial charge is 0.142 e. The maximum atomic E-state index is 13.6. The zero-order chi connectivity index (χ0) is 14.5. The monoisotopic (exact) mass is 292 g/mol. The van der Waals surface area contributed by atoms with Gasteiger partial charge >= 0.3 is 0 Å². The summed E-state index contributed by atoms with van der Waals surface area (Å²) in [5, 5.41) is 3.51. The normalized spacial score (nSPS) is 12.4. The summed E-state index contributed by atoms with van der Waals surface area (Å²) >= 11 is 5.73. The van der Waals surface area contributed by atoms with E-state index in [0.29, 0.717) is 0 Å². The van der Waals surface area contributed by atoms with E-state index in [1.54, 1.807) is 6.07 Å². The molecule has 4 heteroatoms. The molecule has 106 valence electrons. The molecule has 0 amide bonds. The van der Waals surface area contributed by atoms with Crippen LogP contribution in [0.4, 0.5) is 4.39 Å². The molecule has 1 N–H and O–H groups in total. The lowest BCUT2D eigenvalue weighted by Gasteiger charge is -2.18. The van der Waals surface area contributed by atoms with Gasteiger partial charge in [-0.1, -0.05) is 30.7 Å². The van der Waals surface area contributed by atoms with Gasteiger partial charge in [-0.15, -0.1) is 0 Å². The number of pyridine rings is 1. The molecule has 0 fully saturated rings. The van der Waals surface area contributed by atoms with Gasteiger partial charge in [0, 0.05) is 24.4 Å². The van der Waals surface area contributed by atoms with Crippen LogP contribution < -0.4 is 5.32 Å². The Balaban J connectivity index is 2.21. The third kappa shape index (κ3) is 3.78. The summed E-state index contributed by atoms with van der Waals surface area (Å²) in [6.07, 6.45) is 2.57. The van der Waals surface area contributed by atoms with Crippen molar-refractivity contribution < 1.29 is 4.39 Å². The van der Waals surface area contributed by atoms with E-state index in [9.17, 15) is 4.39 Å². The van der Waals surface area contributed by atoms with E-state index in [1.807, 2.05) is 38.2 Å². The first-order valence-electron chi connectivity index (χ1n) is 6.70. The molecule has 1 unspecified atom stereocenters. The fourth-order valence-electron chi connectivity index (χ4n) is 2.11. The van der Waals surface area contributed by atoms with E-state index in [1.165, 1.54) is 6.07 Å². The number of hydrogen-bond donors (Lipinski definition) is 1. The fourth-order valence-corrected chi connectivity index (χ4v) is 2.23. The molecular formula is C16H18ClFN2. The largest absolute Gasteiger partial charge is 0.310 e. The topological polar surface area (TPSA) is 24.9 Å². The first-order valence-corrected chi connectivity index (χ1v) is 7.07. The fraction of sp³-hybridized carbons (Fsp3) is 0.312. The Bertz CT molecular complexity index is 569. The van der Waals surface area contributed by atoms with Crippen LogP contribution in [0.3, 0.4) is 0 Å². The molecule has 1 atom stereocenters. The number of halogens is 2. The summed E-state index contributed by atoms with van der Waals surface area (Å²) in [6, 6.07) is 9.01. The molecule has 20 heavy (non-hydrogen) atoms. The molecule has 0 radical (unpaired) electrons. The minimum absolute atomic E-state index is 0.0296. The molecule has 1 aromatic heterocycles. The lowest BCUT2D eigenvalue weighted by atomic mass is 10.0. The van der Waals surface area contributed by atoms with Crippen molar-refractivity contribution in [1.82, 2.24) is 10.3 Å². The van der Waals surface area contributed by atoms with Crippen molar-refractivity contribution >= 4 is 11.6 Å². The third-order valence-electron chi connectivity index (χ3n) is 3.18. The minimum atomic E-state index is -0.385. The van der Waals surface area contributed by atoms with Gasteiger partial charge in [0.2, 0.25) is 0 Å². The maximum absolute atomic E-state index is 13.6. The van der Waals surface area contributed by atoms with Gasteiger partial charge in [0.15, 0.2) is 0 Å².